The van der Waals surface area contributed by atoms with Gasteiger partial charge in [0.15, 0.2) is 0 Å². The van der Waals surface area contributed by atoms with Crippen LogP contribution in [0.25, 0.3) is 0 Å². The van der Waals surface area contributed by atoms with Crippen LogP contribution in [0.1, 0.15) is 43.5 Å². The van der Waals surface area contributed by atoms with Crippen molar-refractivity contribution in [2.45, 2.75) is 45.7 Å². The summed E-state index contributed by atoms with van der Waals surface area (Å²) in [4.78, 5) is 7.06. The van der Waals surface area contributed by atoms with Crippen molar-refractivity contribution in [3.8, 4) is 0 Å². The van der Waals surface area contributed by atoms with Crippen molar-refractivity contribution in [1.82, 2.24) is 19.8 Å². The first-order valence-corrected chi connectivity index (χ1v) is 7.07. The van der Waals surface area contributed by atoms with Crippen LogP contribution in [0.5, 0.6) is 0 Å². The van der Waals surface area contributed by atoms with E-state index in [2.05, 4.69) is 42.7 Å². The molecule has 0 saturated carbocycles. The van der Waals surface area contributed by atoms with Crippen molar-refractivity contribution >= 4 is 0 Å². The molecule has 2 rings (SSSR count). The van der Waals surface area contributed by atoms with Crippen LogP contribution in [-0.2, 0) is 19.4 Å². The van der Waals surface area contributed by atoms with Gasteiger partial charge in [-0.15, -0.1) is 0 Å². The molecule has 18 heavy (non-hydrogen) atoms. The molecule has 102 valence electrons. The van der Waals surface area contributed by atoms with E-state index in [1.807, 2.05) is 0 Å². The fourth-order valence-corrected chi connectivity index (χ4v) is 2.73. The van der Waals surface area contributed by atoms with Crippen LogP contribution in [0.4, 0.5) is 0 Å². The highest BCUT2D eigenvalue weighted by Crippen LogP contribution is 2.23. The molecule has 1 unspecified atom stereocenters. The van der Waals surface area contributed by atoms with Crippen LogP contribution in [0.2, 0.25) is 0 Å². The lowest BCUT2D eigenvalue weighted by atomic mass is 10.1. The van der Waals surface area contributed by atoms with Gasteiger partial charge in [-0.25, -0.2) is 4.98 Å². The van der Waals surface area contributed by atoms with Gasteiger partial charge in [-0.05, 0) is 34.0 Å². The summed E-state index contributed by atoms with van der Waals surface area (Å²) in [5.41, 5.74) is 2.74. The third-order valence-corrected chi connectivity index (χ3v) is 3.75. The lowest BCUT2D eigenvalue weighted by molar-refractivity contribution is 0.350. The van der Waals surface area contributed by atoms with E-state index in [-0.39, 0.29) is 0 Å². The van der Waals surface area contributed by atoms with Gasteiger partial charge < -0.3 is 14.8 Å². The number of rotatable bonds is 5. The van der Waals surface area contributed by atoms with Crippen LogP contribution in [0.3, 0.4) is 0 Å². The highest BCUT2D eigenvalue weighted by molar-refractivity contribution is 5.21. The minimum Gasteiger partial charge on any atom is -0.329 e. The average Bonchev–Trinajstić information content (AvgIpc) is 2.74. The molecule has 2 heterocycles. The third-order valence-electron chi connectivity index (χ3n) is 3.75. The highest BCUT2D eigenvalue weighted by atomic mass is 15.1. The Balaban J connectivity index is 2.21. The van der Waals surface area contributed by atoms with Crippen LogP contribution in [-0.4, -0.2) is 41.6 Å². The predicted molar refractivity (Wildman–Crippen MR) is 74.9 cm³/mol. The number of fused-ring (bicyclic) bond motifs is 1. The van der Waals surface area contributed by atoms with Gasteiger partial charge in [0.1, 0.15) is 5.82 Å². The molecule has 1 atom stereocenters. The number of aryl methyl sites for hydroxylation is 1. The quantitative estimate of drug-likeness (QED) is 0.862. The number of hydrogen-bond acceptors (Lipinski definition) is 3. The van der Waals surface area contributed by atoms with Gasteiger partial charge in [0.05, 0.1) is 5.69 Å². The summed E-state index contributed by atoms with van der Waals surface area (Å²) < 4.78 is 2.50. The van der Waals surface area contributed by atoms with E-state index in [0.29, 0.717) is 6.04 Å². The highest BCUT2D eigenvalue weighted by Gasteiger charge is 2.21. The summed E-state index contributed by atoms with van der Waals surface area (Å²) >= 11 is 0. The van der Waals surface area contributed by atoms with Crippen molar-refractivity contribution in [2.24, 2.45) is 0 Å². The average molecular weight is 250 g/mol. The van der Waals surface area contributed by atoms with Crippen LogP contribution in [0.15, 0.2) is 0 Å². The Morgan fingerprint density at radius 1 is 1.44 bits per heavy atom. The molecule has 0 fully saturated rings. The molecular formula is C14H26N4. The Morgan fingerprint density at radius 3 is 2.89 bits per heavy atom. The fraction of sp³-hybridized carbons (Fsp3) is 0.786. The molecule has 0 aromatic carbocycles. The Morgan fingerprint density at radius 2 is 2.22 bits per heavy atom. The normalized spacial score (nSPS) is 16.9. The smallest absolute Gasteiger partial charge is 0.109 e. The van der Waals surface area contributed by atoms with Gasteiger partial charge in [0.25, 0.3) is 0 Å². The van der Waals surface area contributed by atoms with E-state index >= 15 is 0 Å². The Kier molecular flexibility index (Phi) is 4.40. The zero-order valence-corrected chi connectivity index (χ0v) is 12.2. The second kappa shape index (κ2) is 5.85. The lowest BCUT2D eigenvalue weighted by Gasteiger charge is -2.23. The van der Waals surface area contributed by atoms with Crippen molar-refractivity contribution in [3.05, 3.63) is 17.2 Å². The van der Waals surface area contributed by atoms with E-state index in [1.54, 1.807) is 0 Å². The number of aromatic nitrogens is 2. The first kappa shape index (κ1) is 13.6. The van der Waals surface area contributed by atoms with Crippen LogP contribution >= 0.6 is 0 Å². The Bertz CT molecular complexity index is 395. The van der Waals surface area contributed by atoms with E-state index in [0.717, 1.165) is 32.5 Å². The topological polar surface area (TPSA) is 33.1 Å². The number of hydrogen-bond donors (Lipinski definition) is 1. The molecule has 4 heteroatoms. The van der Waals surface area contributed by atoms with Crippen LogP contribution in [0, 0.1) is 0 Å². The van der Waals surface area contributed by atoms with Gasteiger partial charge in [0, 0.05) is 37.7 Å². The largest absolute Gasteiger partial charge is 0.329 e. The molecule has 4 nitrogen and oxygen atoms in total. The van der Waals surface area contributed by atoms with Gasteiger partial charge in [-0.1, -0.05) is 6.92 Å². The van der Waals surface area contributed by atoms with Crippen molar-refractivity contribution < 1.29 is 0 Å². The first-order valence-electron chi connectivity index (χ1n) is 7.07. The molecule has 0 radical (unpaired) electrons. The van der Waals surface area contributed by atoms with Gasteiger partial charge in [-0.3, -0.25) is 0 Å². The van der Waals surface area contributed by atoms with E-state index < -0.39 is 0 Å². The van der Waals surface area contributed by atoms with Crippen molar-refractivity contribution in [1.29, 1.82) is 0 Å². The van der Waals surface area contributed by atoms with Crippen LogP contribution < -0.4 is 5.32 Å². The molecule has 0 aliphatic carbocycles. The fourth-order valence-electron chi connectivity index (χ4n) is 2.73. The number of nitrogens with one attached hydrogen (secondary N) is 1. The summed E-state index contributed by atoms with van der Waals surface area (Å²) in [6, 6.07) is 0.552. The maximum atomic E-state index is 4.80. The number of nitrogens with zero attached hydrogens (tertiary/aromatic N) is 3. The maximum Gasteiger partial charge on any atom is 0.109 e. The van der Waals surface area contributed by atoms with Crippen molar-refractivity contribution in [2.75, 3.05) is 27.2 Å². The summed E-state index contributed by atoms with van der Waals surface area (Å²) in [6.45, 7) is 7.69. The Hall–Kier alpha value is -0.870. The van der Waals surface area contributed by atoms with E-state index in [1.165, 1.54) is 23.6 Å². The van der Waals surface area contributed by atoms with E-state index in [9.17, 15) is 0 Å². The molecule has 1 N–H and O–H groups in total. The maximum absolute atomic E-state index is 4.80. The first-order chi connectivity index (χ1) is 8.63. The second-order valence-corrected chi connectivity index (χ2v) is 5.51. The zero-order chi connectivity index (χ0) is 13.1. The number of imidazole rings is 1. The molecule has 1 aliphatic rings. The molecule has 1 aromatic rings. The summed E-state index contributed by atoms with van der Waals surface area (Å²) in [5, 5.41) is 3.41. The molecule has 0 saturated heterocycles. The standard InChI is InChI=1S/C14H26N4/c1-5-14-16-12-10-15-8-6-13(12)18(14)11(2)7-9-17(3)4/h11,15H,5-10H2,1-4H3. The molecular weight excluding hydrogens is 224 g/mol. The third kappa shape index (κ3) is 2.75. The SMILES string of the molecule is CCc1nc2c(n1C(C)CCN(C)C)CCNC2. The van der Waals surface area contributed by atoms with Gasteiger partial charge >= 0.3 is 0 Å². The summed E-state index contributed by atoms with van der Waals surface area (Å²) in [7, 11) is 4.28. The summed E-state index contributed by atoms with van der Waals surface area (Å²) in [6.07, 6.45) is 3.34. The Labute approximate surface area is 110 Å². The zero-order valence-electron chi connectivity index (χ0n) is 12.2. The predicted octanol–water partition coefficient (Wildman–Crippen LogP) is 1.60. The molecule has 0 amide bonds. The summed E-state index contributed by atoms with van der Waals surface area (Å²) in [5.74, 6) is 1.26. The van der Waals surface area contributed by atoms with E-state index in [4.69, 9.17) is 4.98 Å². The van der Waals surface area contributed by atoms with Gasteiger partial charge in [-0.2, -0.15) is 0 Å². The van der Waals surface area contributed by atoms with Gasteiger partial charge in [0.2, 0.25) is 0 Å². The molecule has 0 bridgehead atoms. The monoisotopic (exact) mass is 250 g/mol. The minimum atomic E-state index is 0.552. The molecule has 0 spiro atoms. The molecule has 1 aromatic heterocycles. The lowest BCUT2D eigenvalue weighted by Crippen LogP contribution is -2.26. The molecule has 1 aliphatic heterocycles. The minimum absolute atomic E-state index is 0.552. The van der Waals surface area contributed by atoms with Crippen molar-refractivity contribution in [3.63, 3.8) is 0 Å². The second-order valence-electron chi connectivity index (χ2n) is 5.51.